The van der Waals surface area contributed by atoms with Gasteiger partial charge in [-0.05, 0) is 25.8 Å². The highest BCUT2D eigenvalue weighted by Crippen LogP contribution is 1.97. The molecule has 0 fully saturated rings. The molecule has 0 N–H and O–H groups in total. The third-order valence-electron chi connectivity index (χ3n) is 1.42. The Morgan fingerprint density at radius 2 is 2.00 bits per heavy atom. The fourth-order valence-electron chi connectivity index (χ4n) is 0.630. The standard InChI is InChI=1S/C8H15N/c1-5-6-7(2)8(3)9-4/h6H,5H2,1-4H3/b7-6-,9-8?. The van der Waals surface area contributed by atoms with Gasteiger partial charge in [0.1, 0.15) is 0 Å². The monoisotopic (exact) mass is 125 g/mol. The molecule has 0 aromatic rings. The van der Waals surface area contributed by atoms with E-state index in [0.717, 1.165) is 12.1 Å². The summed E-state index contributed by atoms with van der Waals surface area (Å²) in [7, 11) is 1.82. The van der Waals surface area contributed by atoms with E-state index in [0.29, 0.717) is 0 Å². The first kappa shape index (κ1) is 8.41. The van der Waals surface area contributed by atoms with Crippen molar-refractivity contribution in [1.82, 2.24) is 0 Å². The van der Waals surface area contributed by atoms with Gasteiger partial charge in [-0.2, -0.15) is 0 Å². The molecule has 1 nitrogen and oxygen atoms in total. The minimum Gasteiger partial charge on any atom is -0.293 e. The molecule has 1 heteroatoms. The van der Waals surface area contributed by atoms with Crippen LogP contribution < -0.4 is 0 Å². The van der Waals surface area contributed by atoms with Gasteiger partial charge in [-0.3, -0.25) is 4.99 Å². The zero-order chi connectivity index (χ0) is 7.28. The molecule has 0 aliphatic rings. The van der Waals surface area contributed by atoms with Crippen LogP contribution in [0.4, 0.5) is 0 Å². The van der Waals surface area contributed by atoms with Crippen molar-refractivity contribution in [3.05, 3.63) is 11.6 Å². The second kappa shape index (κ2) is 4.30. The molecule has 0 atom stereocenters. The molecule has 0 unspecified atom stereocenters. The second-order valence-electron chi connectivity index (χ2n) is 2.10. The Bertz CT molecular complexity index is 132. The minimum atomic E-state index is 1.10. The molecule has 0 saturated heterocycles. The van der Waals surface area contributed by atoms with Crippen LogP contribution in [-0.2, 0) is 0 Å². The lowest BCUT2D eigenvalue weighted by atomic mass is 10.2. The SMILES string of the molecule is CC/C=C(/C)C(C)=NC. The van der Waals surface area contributed by atoms with Crippen LogP contribution in [0.2, 0.25) is 0 Å². The largest absolute Gasteiger partial charge is 0.293 e. The molecule has 0 aromatic heterocycles. The number of hydrogen-bond acceptors (Lipinski definition) is 1. The molecule has 0 aliphatic carbocycles. The Morgan fingerprint density at radius 1 is 1.44 bits per heavy atom. The number of allylic oxidation sites excluding steroid dienone is 2. The molecule has 0 amide bonds. The minimum absolute atomic E-state index is 1.10. The maximum Gasteiger partial charge on any atom is 0.0339 e. The summed E-state index contributed by atoms with van der Waals surface area (Å²) >= 11 is 0. The van der Waals surface area contributed by atoms with E-state index in [1.165, 1.54) is 5.57 Å². The van der Waals surface area contributed by atoms with Crippen molar-refractivity contribution in [2.75, 3.05) is 7.05 Å². The zero-order valence-corrected chi connectivity index (χ0v) is 6.73. The molecular formula is C8H15N. The predicted molar refractivity (Wildman–Crippen MR) is 43.1 cm³/mol. The summed E-state index contributed by atoms with van der Waals surface area (Å²) in [6.07, 6.45) is 3.28. The number of nitrogens with zero attached hydrogens (tertiary/aromatic N) is 1. The zero-order valence-electron chi connectivity index (χ0n) is 6.73. The molecule has 0 aliphatic heterocycles. The lowest BCUT2D eigenvalue weighted by Crippen LogP contribution is -1.91. The van der Waals surface area contributed by atoms with Crippen LogP contribution in [0.5, 0.6) is 0 Å². The van der Waals surface area contributed by atoms with Crippen LogP contribution in [0, 0.1) is 0 Å². The van der Waals surface area contributed by atoms with Gasteiger partial charge in [-0.15, -0.1) is 0 Å². The number of aliphatic imine (C=N–C) groups is 1. The van der Waals surface area contributed by atoms with Gasteiger partial charge in [0.2, 0.25) is 0 Å². The summed E-state index contributed by atoms with van der Waals surface area (Å²) in [5.41, 5.74) is 2.43. The first-order valence-electron chi connectivity index (χ1n) is 3.32. The first-order chi connectivity index (χ1) is 4.22. The number of hydrogen-bond donors (Lipinski definition) is 0. The van der Waals surface area contributed by atoms with Crippen molar-refractivity contribution in [3.8, 4) is 0 Å². The van der Waals surface area contributed by atoms with Crippen molar-refractivity contribution in [1.29, 1.82) is 0 Å². The van der Waals surface area contributed by atoms with Gasteiger partial charge >= 0.3 is 0 Å². The van der Waals surface area contributed by atoms with Crippen molar-refractivity contribution in [3.63, 3.8) is 0 Å². The normalized spacial score (nSPS) is 14.2. The molecule has 0 heterocycles. The van der Waals surface area contributed by atoms with Gasteiger partial charge in [0.25, 0.3) is 0 Å². The van der Waals surface area contributed by atoms with Crippen molar-refractivity contribution >= 4 is 5.71 Å². The first-order valence-corrected chi connectivity index (χ1v) is 3.32. The molecule has 0 radical (unpaired) electrons. The molecule has 52 valence electrons. The summed E-state index contributed by atoms with van der Waals surface area (Å²) in [6.45, 7) is 6.25. The van der Waals surface area contributed by atoms with Crippen LogP contribution in [0.15, 0.2) is 16.6 Å². The third kappa shape index (κ3) is 3.07. The average molecular weight is 125 g/mol. The molecule has 0 rings (SSSR count). The fraction of sp³-hybridized carbons (Fsp3) is 0.625. The molecule has 0 saturated carbocycles. The maximum atomic E-state index is 4.06. The van der Waals surface area contributed by atoms with E-state index in [2.05, 4.69) is 24.9 Å². The van der Waals surface area contributed by atoms with Gasteiger partial charge in [0, 0.05) is 12.8 Å². The third-order valence-corrected chi connectivity index (χ3v) is 1.42. The maximum absolute atomic E-state index is 4.06. The van der Waals surface area contributed by atoms with E-state index >= 15 is 0 Å². The van der Waals surface area contributed by atoms with Gasteiger partial charge in [0.15, 0.2) is 0 Å². The topological polar surface area (TPSA) is 12.4 Å². The summed E-state index contributed by atoms with van der Waals surface area (Å²) < 4.78 is 0. The molecule has 0 spiro atoms. The van der Waals surface area contributed by atoms with Crippen LogP contribution in [0.3, 0.4) is 0 Å². The van der Waals surface area contributed by atoms with Crippen molar-refractivity contribution in [2.24, 2.45) is 4.99 Å². The average Bonchev–Trinajstić information content (AvgIpc) is 1.87. The van der Waals surface area contributed by atoms with E-state index in [9.17, 15) is 0 Å². The molecule has 0 bridgehead atoms. The molecular weight excluding hydrogens is 110 g/mol. The van der Waals surface area contributed by atoms with Crippen molar-refractivity contribution < 1.29 is 0 Å². The summed E-state index contributed by atoms with van der Waals surface area (Å²) in [6, 6.07) is 0. The Morgan fingerprint density at radius 3 is 2.33 bits per heavy atom. The van der Waals surface area contributed by atoms with Crippen LogP contribution in [0.25, 0.3) is 0 Å². The molecule has 9 heavy (non-hydrogen) atoms. The summed E-state index contributed by atoms with van der Waals surface area (Å²) in [4.78, 5) is 4.06. The highest BCUT2D eigenvalue weighted by Gasteiger charge is 1.88. The van der Waals surface area contributed by atoms with Gasteiger partial charge in [0.05, 0.1) is 0 Å². The van der Waals surface area contributed by atoms with Crippen LogP contribution in [0.1, 0.15) is 27.2 Å². The fourth-order valence-corrected chi connectivity index (χ4v) is 0.630. The Balaban J connectivity index is 4.03. The Labute approximate surface area is 57.5 Å². The van der Waals surface area contributed by atoms with E-state index in [4.69, 9.17) is 0 Å². The van der Waals surface area contributed by atoms with Gasteiger partial charge in [-0.1, -0.05) is 13.0 Å². The number of rotatable bonds is 2. The quantitative estimate of drug-likeness (QED) is 0.503. The smallest absolute Gasteiger partial charge is 0.0339 e. The highest BCUT2D eigenvalue weighted by molar-refractivity contribution is 5.97. The van der Waals surface area contributed by atoms with E-state index < -0.39 is 0 Å². The lowest BCUT2D eigenvalue weighted by Gasteiger charge is -1.95. The predicted octanol–water partition coefficient (Wildman–Crippen LogP) is 2.43. The van der Waals surface area contributed by atoms with Crippen LogP contribution >= 0.6 is 0 Å². The second-order valence-corrected chi connectivity index (χ2v) is 2.10. The Kier molecular flexibility index (Phi) is 4.02. The van der Waals surface area contributed by atoms with Gasteiger partial charge < -0.3 is 0 Å². The van der Waals surface area contributed by atoms with E-state index in [-0.39, 0.29) is 0 Å². The van der Waals surface area contributed by atoms with E-state index in [1.807, 2.05) is 14.0 Å². The Hall–Kier alpha value is -0.590. The summed E-state index contributed by atoms with van der Waals surface area (Å²) in [5.74, 6) is 0. The van der Waals surface area contributed by atoms with Crippen molar-refractivity contribution in [2.45, 2.75) is 27.2 Å². The molecule has 0 aromatic carbocycles. The highest BCUT2D eigenvalue weighted by atomic mass is 14.7. The van der Waals surface area contributed by atoms with Gasteiger partial charge in [-0.25, -0.2) is 0 Å². The lowest BCUT2D eigenvalue weighted by molar-refractivity contribution is 1.20. The van der Waals surface area contributed by atoms with Crippen LogP contribution in [-0.4, -0.2) is 12.8 Å². The summed E-state index contributed by atoms with van der Waals surface area (Å²) in [5, 5.41) is 0. The van der Waals surface area contributed by atoms with E-state index in [1.54, 1.807) is 0 Å².